The first-order valence-electron chi connectivity index (χ1n) is 15.5. The molecular weight excluding hydrogens is 544 g/mol. The Morgan fingerprint density at radius 3 is 2.93 bits per heavy atom. The number of nitrogens with zero attached hydrogens (tertiary/aromatic N) is 2. The summed E-state index contributed by atoms with van der Waals surface area (Å²) in [5.74, 6) is 0.455. The van der Waals surface area contributed by atoms with Crippen molar-refractivity contribution in [1.29, 1.82) is 0 Å². The fraction of sp³-hybridized carbons (Fsp3) is 0.471. The zero-order valence-electron chi connectivity index (χ0n) is 25.0. The lowest BCUT2D eigenvalue weighted by Crippen LogP contribution is -2.36. The predicted molar refractivity (Wildman–Crippen MR) is 167 cm³/mol. The van der Waals surface area contributed by atoms with Gasteiger partial charge in [-0.15, -0.1) is 0 Å². The topological polar surface area (TPSA) is 141 Å². The van der Waals surface area contributed by atoms with Crippen LogP contribution in [0.5, 0.6) is 11.5 Å². The second kappa shape index (κ2) is 14.3. The number of aliphatic hydroxyl groups excluding tert-OH is 2. The molecule has 3 aliphatic heterocycles. The van der Waals surface area contributed by atoms with Gasteiger partial charge in [0.05, 0.1) is 24.6 Å². The highest BCUT2D eigenvalue weighted by molar-refractivity contribution is 5.87. The molecule has 0 fully saturated rings. The number of carbonyl (C=O) groups is 1. The highest BCUT2D eigenvalue weighted by Gasteiger charge is 2.27. The number of aryl methyl sites for hydroxylation is 1. The maximum Gasteiger partial charge on any atom is 0.163 e. The predicted octanol–water partition coefficient (Wildman–Crippen LogP) is 3.94. The second-order valence-corrected chi connectivity index (χ2v) is 11.8. The SMILES string of the molecule is CCCCCC(O)CC(=O)CCc1ccc(O)c(OCN2C=C3N=CC(Cc4c(CO)ccc5c4CCNC5N)=C3C2)c1. The van der Waals surface area contributed by atoms with Gasteiger partial charge in [-0.1, -0.05) is 44.4 Å². The van der Waals surface area contributed by atoms with Crippen LogP contribution in [-0.4, -0.2) is 58.1 Å². The summed E-state index contributed by atoms with van der Waals surface area (Å²) in [6.07, 6.45) is 9.46. The van der Waals surface area contributed by atoms with Gasteiger partial charge in [0.1, 0.15) is 5.78 Å². The van der Waals surface area contributed by atoms with Gasteiger partial charge in [-0.25, -0.2) is 0 Å². The molecule has 3 heterocycles. The van der Waals surface area contributed by atoms with Crippen molar-refractivity contribution in [2.24, 2.45) is 10.7 Å². The Hall–Kier alpha value is -3.50. The van der Waals surface area contributed by atoms with Gasteiger partial charge in [-0.3, -0.25) is 15.1 Å². The third kappa shape index (κ3) is 7.54. The van der Waals surface area contributed by atoms with Crippen LogP contribution < -0.4 is 15.8 Å². The number of phenols is 1. The molecule has 3 aliphatic rings. The van der Waals surface area contributed by atoms with Crippen LogP contribution in [0.15, 0.2) is 58.4 Å². The standard InChI is InChI=1S/C34H44N4O5/c1-2-3-4-5-25(40)16-26(41)9-6-22-7-11-32(42)33(14-22)43-21-38-18-30-24(17-37-31(30)19-38)15-29-23(20-39)8-10-28-27(29)12-13-36-34(28)35/h7-8,10-11,14,17,19,25,34,36,39-40,42H,2-6,9,12-13,15-16,18,20-21,35H2,1H3. The van der Waals surface area contributed by atoms with Gasteiger partial charge in [0.2, 0.25) is 0 Å². The van der Waals surface area contributed by atoms with E-state index in [-0.39, 0.29) is 37.5 Å². The largest absolute Gasteiger partial charge is 0.504 e. The van der Waals surface area contributed by atoms with Crippen molar-refractivity contribution in [3.05, 3.63) is 81.2 Å². The molecule has 0 spiro atoms. The maximum absolute atomic E-state index is 12.4. The van der Waals surface area contributed by atoms with E-state index in [0.29, 0.717) is 38.0 Å². The van der Waals surface area contributed by atoms with E-state index in [9.17, 15) is 20.1 Å². The molecule has 9 heteroatoms. The van der Waals surface area contributed by atoms with Crippen LogP contribution in [0.3, 0.4) is 0 Å². The molecule has 2 atom stereocenters. The van der Waals surface area contributed by atoms with Crippen molar-refractivity contribution in [2.45, 2.75) is 83.6 Å². The number of rotatable bonds is 15. The number of ketones is 1. The van der Waals surface area contributed by atoms with Gasteiger partial charge < -0.3 is 30.7 Å². The number of aliphatic hydroxyl groups is 2. The number of unbranched alkanes of at least 4 members (excludes halogenated alkanes) is 2. The zero-order valence-corrected chi connectivity index (χ0v) is 25.0. The number of allylic oxidation sites excluding steroid dienone is 1. The number of nitrogens with one attached hydrogen (secondary N) is 1. The molecule has 43 heavy (non-hydrogen) atoms. The van der Waals surface area contributed by atoms with Crippen LogP contribution in [0.25, 0.3) is 0 Å². The minimum atomic E-state index is -0.572. The first-order chi connectivity index (χ1) is 20.9. The van der Waals surface area contributed by atoms with E-state index in [1.165, 1.54) is 5.56 Å². The molecule has 0 amide bonds. The van der Waals surface area contributed by atoms with Gasteiger partial charge in [0, 0.05) is 50.3 Å². The van der Waals surface area contributed by atoms with E-state index in [1.807, 2.05) is 29.4 Å². The molecule has 0 radical (unpaired) electrons. The lowest BCUT2D eigenvalue weighted by atomic mass is 9.86. The summed E-state index contributed by atoms with van der Waals surface area (Å²) in [6, 6.07) is 9.16. The highest BCUT2D eigenvalue weighted by atomic mass is 16.5. The Bertz CT molecular complexity index is 1420. The number of hydrogen-bond acceptors (Lipinski definition) is 9. The molecule has 230 valence electrons. The van der Waals surface area contributed by atoms with Crippen molar-refractivity contribution in [3.63, 3.8) is 0 Å². The summed E-state index contributed by atoms with van der Waals surface area (Å²) < 4.78 is 6.01. The summed E-state index contributed by atoms with van der Waals surface area (Å²) in [7, 11) is 0. The number of ether oxygens (including phenoxy) is 1. The van der Waals surface area contributed by atoms with E-state index < -0.39 is 6.10 Å². The minimum Gasteiger partial charge on any atom is -0.504 e. The molecule has 0 saturated heterocycles. The number of carbonyl (C=O) groups excluding carboxylic acids is 1. The summed E-state index contributed by atoms with van der Waals surface area (Å²) in [4.78, 5) is 19.0. The van der Waals surface area contributed by atoms with E-state index >= 15 is 0 Å². The van der Waals surface area contributed by atoms with Gasteiger partial charge in [0.25, 0.3) is 0 Å². The number of Topliss-reactive ketones (excluding diaryl/α,β-unsaturated/α-hetero) is 1. The summed E-state index contributed by atoms with van der Waals surface area (Å²) in [6.45, 7) is 3.76. The van der Waals surface area contributed by atoms with Crippen LogP contribution in [0.2, 0.25) is 0 Å². The summed E-state index contributed by atoms with van der Waals surface area (Å²) in [5.41, 5.74) is 14.7. The van der Waals surface area contributed by atoms with Gasteiger partial charge in [-0.05, 0) is 64.8 Å². The second-order valence-electron chi connectivity index (χ2n) is 11.8. The van der Waals surface area contributed by atoms with Crippen LogP contribution >= 0.6 is 0 Å². The average molecular weight is 589 g/mol. The normalized spacial score (nSPS) is 18.1. The molecule has 0 bridgehead atoms. The van der Waals surface area contributed by atoms with Crippen molar-refractivity contribution >= 4 is 12.0 Å². The molecule has 5 rings (SSSR count). The zero-order chi connectivity index (χ0) is 30.3. The van der Waals surface area contributed by atoms with Gasteiger partial charge in [-0.2, -0.15) is 0 Å². The molecule has 0 aliphatic carbocycles. The Labute approximate surface area is 253 Å². The fourth-order valence-corrected chi connectivity index (χ4v) is 6.15. The Morgan fingerprint density at radius 2 is 2.12 bits per heavy atom. The van der Waals surface area contributed by atoms with Crippen molar-refractivity contribution in [2.75, 3.05) is 19.8 Å². The third-order valence-electron chi connectivity index (χ3n) is 8.61. The number of hydrogen-bond donors (Lipinski definition) is 5. The Balaban J connectivity index is 1.18. The molecule has 2 aromatic carbocycles. The quantitative estimate of drug-likeness (QED) is 0.197. The summed E-state index contributed by atoms with van der Waals surface area (Å²) >= 11 is 0. The third-order valence-corrected chi connectivity index (χ3v) is 8.61. The van der Waals surface area contributed by atoms with E-state index in [4.69, 9.17) is 10.5 Å². The molecular formula is C34H44N4O5. The molecule has 0 aromatic heterocycles. The number of aliphatic imine (C=N–C) groups is 1. The molecule has 2 unspecified atom stereocenters. The van der Waals surface area contributed by atoms with Crippen LogP contribution in [0.4, 0.5) is 0 Å². The smallest absolute Gasteiger partial charge is 0.163 e. The molecule has 0 saturated carbocycles. The fourth-order valence-electron chi connectivity index (χ4n) is 6.15. The van der Waals surface area contributed by atoms with Crippen LogP contribution in [0, 0.1) is 0 Å². The Morgan fingerprint density at radius 1 is 1.26 bits per heavy atom. The van der Waals surface area contributed by atoms with E-state index in [0.717, 1.165) is 71.3 Å². The van der Waals surface area contributed by atoms with Crippen molar-refractivity contribution in [1.82, 2.24) is 10.2 Å². The minimum absolute atomic E-state index is 0.0224. The van der Waals surface area contributed by atoms with Gasteiger partial charge in [0.15, 0.2) is 18.2 Å². The monoisotopic (exact) mass is 588 g/mol. The van der Waals surface area contributed by atoms with E-state index in [1.54, 1.807) is 18.2 Å². The Kier molecular flexibility index (Phi) is 10.3. The van der Waals surface area contributed by atoms with E-state index in [2.05, 4.69) is 17.2 Å². The lowest BCUT2D eigenvalue weighted by molar-refractivity contribution is -0.121. The number of aromatic hydroxyl groups is 1. The highest BCUT2D eigenvalue weighted by Crippen LogP contribution is 2.35. The average Bonchev–Trinajstić information content (AvgIpc) is 3.57. The van der Waals surface area contributed by atoms with Crippen molar-refractivity contribution < 1.29 is 24.9 Å². The summed E-state index contributed by atoms with van der Waals surface area (Å²) in [5, 5.41) is 33.9. The first kappa shape index (κ1) is 30.9. The number of fused-ring (bicyclic) bond motifs is 2. The van der Waals surface area contributed by atoms with Crippen LogP contribution in [0.1, 0.15) is 79.4 Å². The van der Waals surface area contributed by atoms with Crippen molar-refractivity contribution in [3.8, 4) is 11.5 Å². The molecule has 2 aromatic rings. The first-order valence-corrected chi connectivity index (χ1v) is 15.5. The molecule has 9 nitrogen and oxygen atoms in total. The molecule has 6 N–H and O–H groups in total. The number of nitrogens with two attached hydrogens (primary N) is 1. The number of phenolic OH excluding ortho intramolecular Hbond substituents is 1. The van der Waals surface area contributed by atoms with Gasteiger partial charge >= 0.3 is 0 Å². The van der Waals surface area contributed by atoms with Crippen LogP contribution in [-0.2, 0) is 30.7 Å². The maximum atomic E-state index is 12.4. The lowest BCUT2D eigenvalue weighted by Gasteiger charge is -2.27. The number of benzene rings is 2.